The molecule has 0 fully saturated rings. The molecule has 3 rings (SSSR count). The molecular formula is C12H12ClN5S. The van der Waals surface area contributed by atoms with Gasteiger partial charge >= 0.3 is 0 Å². The SMILES string of the molecule is CC(C)c1nnc2sc(-c3cc(N)cc(Cl)c3)nn12. The lowest BCUT2D eigenvalue weighted by molar-refractivity contribution is 0.727. The fourth-order valence-electron chi connectivity index (χ4n) is 1.84. The lowest BCUT2D eigenvalue weighted by atomic mass is 10.2. The van der Waals surface area contributed by atoms with Crippen LogP contribution < -0.4 is 5.73 Å². The van der Waals surface area contributed by atoms with E-state index in [2.05, 4.69) is 29.1 Å². The summed E-state index contributed by atoms with van der Waals surface area (Å²) in [5, 5.41) is 14.2. The third-order valence-electron chi connectivity index (χ3n) is 2.70. The Morgan fingerprint density at radius 3 is 2.74 bits per heavy atom. The Bertz CT molecular complexity index is 725. The molecule has 0 radical (unpaired) electrons. The van der Waals surface area contributed by atoms with Gasteiger partial charge in [-0.05, 0) is 18.2 Å². The molecule has 2 aromatic heterocycles. The standard InChI is InChI=1S/C12H12ClN5S/c1-6(2)10-15-16-12-18(10)17-11(19-12)7-3-8(13)5-9(14)4-7/h3-6H,14H2,1-2H3. The van der Waals surface area contributed by atoms with Gasteiger partial charge in [0, 0.05) is 22.2 Å². The fraction of sp³-hybridized carbons (Fsp3) is 0.250. The van der Waals surface area contributed by atoms with Crippen LogP contribution in [0.4, 0.5) is 5.69 Å². The van der Waals surface area contributed by atoms with Crippen LogP contribution in [0.3, 0.4) is 0 Å². The van der Waals surface area contributed by atoms with Crippen molar-refractivity contribution in [2.45, 2.75) is 19.8 Å². The summed E-state index contributed by atoms with van der Waals surface area (Å²) in [6.45, 7) is 4.12. The number of fused-ring (bicyclic) bond motifs is 1. The number of nitrogens with zero attached hydrogens (tertiary/aromatic N) is 4. The van der Waals surface area contributed by atoms with Crippen molar-refractivity contribution in [3.63, 3.8) is 0 Å². The number of hydrogen-bond donors (Lipinski definition) is 1. The second kappa shape index (κ2) is 4.47. The Labute approximate surface area is 119 Å². The lowest BCUT2D eigenvalue weighted by Gasteiger charge is -2.00. The van der Waals surface area contributed by atoms with E-state index in [0.717, 1.165) is 21.4 Å². The van der Waals surface area contributed by atoms with E-state index < -0.39 is 0 Å². The van der Waals surface area contributed by atoms with Gasteiger partial charge in [-0.3, -0.25) is 0 Å². The van der Waals surface area contributed by atoms with Gasteiger partial charge in [0.2, 0.25) is 4.96 Å². The molecule has 0 saturated heterocycles. The van der Waals surface area contributed by atoms with E-state index in [1.807, 2.05) is 12.1 Å². The van der Waals surface area contributed by atoms with E-state index in [1.54, 1.807) is 10.6 Å². The maximum atomic E-state index is 6.02. The highest BCUT2D eigenvalue weighted by Crippen LogP contribution is 2.30. The van der Waals surface area contributed by atoms with Crippen LogP contribution in [0.25, 0.3) is 15.5 Å². The van der Waals surface area contributed by atoms with Crippen molar-refractivity contribution in [1.29, 1.82) is 0 Å². The van der Waals surface area contributed by atoms with Gasteiger partial charge in [-0.25, -0.2) is 0 Å². The maximum absolute atomic E-state index is 6.02. The highest BCUT2D eigenvalue weighted by atomic mass is 35.5. The number of benzene rings is 1. The third-order valence-corrected chi connectivity index (χ3v) is 3.86. The van der Waals surface area contributed by atoms with Crippen molar-refractivity contribution in [1.82, 2.24) is 19.8 Å². The number of aromatic nitrogens is 4. The zero-order valence-corrected chi connectivity index (χ0v) is 12.0. The molecule has 0 aliphatic carbocycles. The van der Waals surface area contributed by atoms with Crippen LogP contribution in [-0.2, 0) is 0 Å². The molecule has 0 spiro atoms. The Hall–Kier alpha value is -1.66. The van der Waals surface area contributed by atoms with Crippen LogP contribution in [0.2, 0.25) is 5.02 Å². The second-order valence-electron chi connectivity index (χ2n) is 4.59. The van der Waals surface area contributed by atoms with Gasteiger partial charge in [-0.15, -0.1) is 10.2 Å². The second-order valence-corrected chi connectivity index (χ2v) is 5.98. The van der Waals surface area contributed by atoms with Crippen molar-refractivity contribution in [2.24, 2.45) is 0 Å². The first-order valence-corrected chi connectivity index (χ1v) is 7.02. The summed E-state index contributed by atoms with van der Waals surface area (Å²) in [5.74, 6) is 1.13. The molecular weight excluding hydrogens is 282 g/mol. The van der Waals surface area contributed by atoms with Crippen molar-refractivity contribution in [3.8, 4) is 10.6 Å². The Morgan fingerprint density at radius 2 is 2.05 bits per heavy atom. The van der Waals surface area contributed by atoms with Gasteiger partial charge in [-0.2, -0.15) is 9.61 Å². The molecule has 7 heteroatoms. The molecule has 0 saturated carbocycles. The Balaban J connectivity index is 2.15. The summed E-state index contributed by atoms with van der Waals surface area (Å²) in [4.78, 5) is 0.775. The van der Waals surface area contributed by atoms with Crippen molar-refractivity contribution in [2.75, 3.05) is 5.73 Å². The largest absolute Gasteiger partial charge is 0.399 e. The zero-order chi connectivity index (χ0) is 13.6. The number of nitrogens with two attached hydrogens (primary N) is 1. The highest BCUT2D eigenvalue weighted by Gasteiger charge is 2.15. The van der Waals surface area contributed by atoms with Gasteiger partial charge in [0.05, 0.1) is 0 Å². The fourth-order valence-corrected chi connectivity index (χ4v) is 2.92. The van der Waals surface area contributed by atoms with Crippen molar-refractivity contribution < 1.29 is 0 Å². The molecule has 5 nitrogen and oxygen atoms in total. The first-order chi connectivity index (χ1) is 9.04. The Kier molecular flexibility index (Phi) is 2.91. The number of halogens is 1. The average molecular weight is 294 g/mol. The first-order valence-electron chi connectivity index (χ1n) is 5.83. The third kappa shape index (κ3) is 2.17. The minimum atomic E-state index is 0.273. The van der Waals surface area contributed by atoms with E-state index >= 15 is 0 Å². The van der Waals surface area contributed by atoms with E-state index in [9.17, 15) is 0 Å². The predicted octanol–water partition coefficient (Wildman–Crippen LogP) is 3.21. The topological polar surface area (TPSA) is 69.1 Å². The van der Waals surface area contributed by atoms with Gasteiger partial charge in [-0.1, -0.05) is 36.8 Å². The summed E-state index contributed by atoms with van der Waals surface area (Å²) in [6, 6.07) is 5.41. The van der Waals surface area contributed by atoms with Crippen LogP contribution in [0, 0.1) is 0 Å². The smallest absolute Gasteiger partial charge is 0.234 e. The maximum Gasteiger partial charge on any atom is 0.234 e. The highest BCUT2D eigenvalue weighted by molar-refractivity contribution is 7.19. The molecule has 98 valence electrons. The van der Waals surface area contributed by atoms with E-state index in [-0.39, 0.29) is 5.92 Å². The van der Waals surface area contributed by atoms with Crippen LogP contribution in [-0.4, -0.2) is 19.8 Å². The minimum Gasteiger partial charge on any atom is -0.399 e. The number of anilines is 1. The quantitative estimate of drug-likeness (QED) is 0.737. The van der Waals surface area contributed by atoms with Gasteiger partial charge in [0.15, 0.2) is 5.82 Å². The summed E-state index contributed by atoms with van der Waals surface area (Å²) in [7, 11) is 0. The van der Waals surface area contributed by atoms with E-state index in [4.69, 9.17) is 17.3 Å². The molecule has 0 aliphatic rings. The molecule has 2 heterocycles. The van der Waals surface area contributed by atoms with Gasteiger partial charge in [0.1, 0.15) is 5.01 Å². The molecule has 1 aromatic carbocycles. The number of rotatable bonds is 2. The van der Waals surface area contributed by atoms with Crippen LogP contribution in [0.15, 0.2) is 18.2 Å². The molecule has 2 N–H and O–H groups in total. The first kappa shape index (κ1) is 12.4. The number of hydrogen-bond acceptors (Lipinski definition) is 5. The average Bonchev–Trinajstić information content (AvgIpc) is 2.85. The summed E-state index contributed by atoms with van der Waals surface area (Å²) in [6.07, 6.45) is 0. The number of nitrogen functional groups attached to an aromatic ring is 1. The molecule has 0 amide bonds. The lowest BCUT2D eigenvalue weighted by Crippen LogP contribution is -1.98. The monoisotopic (exact) mass is 293 g/mol. The molecule has 3 aromatic rings. The van der Waals surface area contributed by atoms with E-state index in [0.29, 0.717) is 10.7 Å². The van der Waals surface area contributed by atoms with Crippen molar-refractivity contribution in [3.05, 3.63) is 29.0 Å². The van der Waals surface area contributed by atoms with Crippen LogP contribution >= 0.6 is 22.9 Å². The van der Waals surface area contributed by atoms with Crippen molar-refractivity contribution >= 4 is 33.6 Å². The molecule has 19 heavy (non-hydrogen) atoms. The predicted molar refractivity (Wildman–Crippen MR) is 77.6 cm³/mol. The zero-order valence-electron chi connectivity index (χ0n) is 10.5. The molecule has 0 unspecified atom stereocenters. The van der Waals surface area contributed by atoms with Crippen LogP contribution in [0.5, 0.6) is 0 Å². The normalized spacial score (nSPS) is 11.6. The minimum absolute atomic E-state index is 0.273. The van der Waals surface area contributed by atoms with Gasteiger partial charge < -0.3 is 5.73 Å². The van der Waals surface area contributed by atoms with Crippen LogP contribution in [0.1, 0.15) is 25.6 Å². The van der Waals surface area contributed by atoms with Gasteiger partial charge in [0.25, 0.3) is 0 Å². The molecule has 0 aliphatic heterocycles. The summed E-state index contributed by atoms with van der Waals surface area (Å²) in [5.41, 5.74) is 7.32. The molecule has 0 bridgehead atoms. The van der Waals surface area contributed by atoms with E-state index in [1.165, 1.54) is 11.3 Å². The summed E-state index contributed by atoms with van der Waals surface area (Å²) >= 11 is 7.49. The summed E-state index contributed by atoms with van der Waals surface area (Å²) < 4.78 is 1.78. The Morgan fingerprint density at radius 1 is 1.26 bits per heavy atom. The molecule has 0 atom stereocenters.